The quantitative estimate of drug-likeness (QED) is 0.325. The second-order valence-electron chi connectivity index (χ2n) is 11.8. The van der Waals surface area contributed by atoms with Crippen molar-refractivity contribution in [1.29, 1.82) is 0 Å². The van der Waals surface area contributed by atoms with Crippen LogP contribution in [0.15, 0.2) is 84.9 Å². The average molecular weight is 449 g/mol. The molecule has 34 heavy (non-hydrogen) atoms. The van der Waals surface area contributed by atoms with Gasteiger partial charge in [-0.1, -0.05) is 99.6 Å². The zero-order valence-electron chi connectivity index (χ0n) is 20.7. The lowest BCUT2D eigenvalue weighted by Gasteiger charge is -2.56. The summed E-state index contributed by atoms with van der Waals surface area (Å²) in [6.07, 6.45) is 4.35. The molecule has 2 aliphatic carbocycles. The molecule has 2 aliphatic rings. The minimum atomic E-state index is -0.668. The molecule has 4 aromatic rings. The van der Waals surface area contributed by atoms with Gasteiger partial charge in [0.2, 0.25) is 0 Å². The van der Waals surface area contributed by atoms with Gasteiger partial charge in [0.1, 0.15) is 0 Å². The van der Waals surface area contributed by atoms with Gasteiger partial charge in [-0.15, -0.1) is 0 Å². The first kappa shape index (κ1) is 21.9. The molecule has 0 aromatic heterocycles. The van der Waals surface area contributed by atoms with Crippen molar-refractivity contribution >= 4 is 21.5 Å². The van der Waals surface area contributed by atoms with Crippen molar-refractivity contribution in [3.8, 4) is 0 Å². The maximum absolute atomic E-state index is 11.4. The number of hydrogen-bond acceptors (Lipinski definition) is 1. The molecule has 4 aromatic carbocycles. The van der Waals surface area contributed by atoms with Gasteiger partial charge in [0.05, 0.1) is 5.60 Å². The van der Waals surface area contributed by atoms with Gasteiger partial charge in [-0.25, -0.2) is 0 Å². The molecule has 1 N–H and O–H groups in total. The van der Waals surface area contributed by atoms with E-state index in [2.05, 4.69) is 106 Å². The highest BCUT2D eigenvalue weighted by atomic mass is 16.3. The molecule has 6 rings (SSSR count). The van der Waals surface area contributed by atoms with E-state index in [4.69, 9.17) is 0 Å². The van der Waals surface area contributed by atoms with Gasteiger partial charge < -0.3 is 5.11 Å². The normalized spacial score (nSPS) is 27.8. The summed E-state index contributed by atoms with van der Waals surface area (Å²) in [6, 6.07) is 30.6. The molecule has 1 atom stereocenters. The van der Waals surface area contributed by atoms with Gasteiger partial charge in [0.25, 0.3) is 0 Å². The van der Waals surface area contributed by atoms with Gasteiger partial charge >= 0.3 is 0 Å². The first-order chi connectivity index (χ1) is 16.3. The van der Waals surface area contributed by atoms with E-state index < -0.39 is 5.60 Å². The molecule has 1 nitrogen and oxygen atoms in total. The maximum Gasteiger partial charge on any atom is 0.0902 e. The highest BCUT2D eigenvalue weighted by Gasteiger charge is 2.53. The van der Waals surface area contributed by atoms with E-state index in [1.807, 2.05) is 0 Å². The van der Waals surface area contributed by atoms with Gasteiger partial charge in [-0.05, 0) is 93.5 Å². The molecule has 1 unspecified atom stereocenters. The first-order valence-corrected chi connectivity index (χ1v) is 13.0. The summed E-state index contributed by atoms with van der Waals surface area (Å²) < 4.78 is 0. The van der Waals surface area contributed by atoms with E-state index in [0.29, 0.717) is 17.8 Å². The molecule has 0 amide bonds. The minimum absolute atomic E-state index is 0.238. The van der Waals surface area contributed by atoms with Gasteiger partial charge in [0, 0.05) is 0 Å². The monoisotopic (exact) mass is 448 g/mol. The second-order valence-corrected chi connectivity index (χ2v) is 11.8. The van der Waals surface area contributed by atoms with Crippen molar-refractivity contribution in [2.45, 2.75) is 58.0 Å². The third-order valence-electron chi connectivity index (χ3n) is 9.81. The molecule has 0 bridgehead atoms. The van der Waals surface area contributed by atoms with Crippen molar-refractivity contribution in [2.24, 2.45) is 23.2 Å². The smallest absolute Gasteiger partial charge is 0.0902 e. The fourth-order valence-corrected chi connectivity index (χ4v) is 6.78. The fraction of sp³-hybridized carbons (Fsp3) is 0.394. The van der Waals surface area contributed by atoms with Crippen molar-refractivity contribution in [2.75, 3.05) is 0 Å². The molecule has 0 saturated heterocycles. The SMILES string of the molecule is CC(C1CC(c2ccc3ccccc3c2)C1)C(C)(C)C1CC(O)(c2ccc3ccccc3c2)C1. The Hall–Kier alpha value is -2.64. The van der Waals surface area contributed by atoms with Crippen LogP contribution in [0, 0.1) is 23.2 Å². The largest absolute Gasteiger partial charge is 0.385 e. The van der Waals surface area contributed by atoms with Crippen LogP contribution in [-0.4, -0.2) is 5.11 Å². The number of fused-ring (bicyclic) bond motifs is 2. The molecule has 0 spiro atoms. The van der Waals surface area contributed by atoms with E-state index in [1.165, 1.54) is 39.9 Å². The third-order valence-corrected chi connectivity index (χ3v) is 9.81. The van der Waals surface area contributed by atoms with E-state index in [-0.39, 0.29) is 5.41 Å². The Kier molecular flexibility index (Phi) is 5.12. The Morgan fingerprint density at radius 3 is 1.97 bits per heavy atom. The molecule has 1 heteroatoms. The third kappa shape index (κ3) is 3.57. The zero-order chi connectivity index (χ0) is 23.5. The minimum Gasteiger partial charge on any atom is -0.385 e. The lowest BCUT2D eigenvalue weighted by atomic mass is 9.50. The number of hydrogen-bond donors (Lipinski definition) is 1. The lowest BCUT2D eigenvalue weighted by molar-refractivity contribution is -0.136. The summed E-state index contributed by atoms with van der Waals surface area (Å²) in [4.78, 5) is 0. The summed E-state index contributed by atoms with van der Waals surface area (Å²) in [7, 11) is 0. The van der Waals surface area contributed by atoms with Crippen LogP contribution in [-0.2, 0) is 5.60 Å². The van der Waals surface area contributed by atoms with Gasteiger partial charge in [0.15, 0.2) is 0 Å². The van der Waals surface area contributed by atoms with Crippen LogP contribution in [0.25, 0.3) is 21.5 Å². The zero-order valence-corrected chi connectivity index (χ0v) is 20.7. The summed E-state index contributed by atoms with van der Waals surface area (Å²) >= 11 is 0. The predicted octanol–water partition coefficient (Wildman–Crippen LogP) is 8.45. The van der Waals surface area contributed by atoms with E-state index >= 15 is 0 Å². The summed E-state index contributed by atoms with van der Waals surface area (Å²) in [5, 5.41) is 16.6. The molecular weight excluding hydrogens is 412 g/mol. The Morgan fingerprint density at radius 1 is 0.765 bits per heavy atom. The Bertz CT molecular complexity index is 1340. The number of benzene rings is 4. The predicted molar refractivity (Wildman–Crippen MR) is 143 cm³/mol. The molecule has 2 fully saturated rings. The highest BCUT2D eigenvalue weighted by molar-refractivity contribution is 5.84. The van der Waals surface area contributed by atoms with Crippen LogP contribution >= 0.6 is 0 Å². The molecule has 0 radical (unpaired) electrons. The van der Waals surface area contributed by atoms with Crippen LogP contribution in [0.5, 0.6) is 0 Å². The van der Waals surface area contributed by atoms with Crippen molar-refractivity contribution in [1.82, 2.24) is 0 Å². The van der Waals surface area contributed by atoms with Crippen LogP contribution in [0.2, 0.25) is 0 Å². The summed E-state index contributed by atoms with van der Waals surface area (Å²) in [6.45, 7) is 7.37. The molecule has 174 valence electrons. The lowest BCUT2D eigenvalue weighted by Crippen LogP contribution is -2.51. The Morgan fingerprint density at radius 2 is 1.32 bits per heavy atom. The van der Waals surface area contributed by atoms with Crippen LogP contribution in [0.1, 0.15) is 63.5 Å². The second kappa shape index (κ2) is 7.95. The van der Waals surface area contributed by atoms with E-state index in [9.17, 15) is 5.11 Å². The summed E-state index contributed by atoms with van der Waals surface area (Å²) in [5.74, 6) is 2.71. The fourth-order valence-electron chi connectivity index (χ4n) is 6.78. The standard InChI is InChI=1S/C33H36O/c1-22(28-17-29(18-28)27-13-12-23-8-4-6-10-25(23)16-27)32(2,3)31-20-33(34,21-31)30-15-14-24-9-5-7-11-26(24)19-30/h4-16,19,22,28-29,31,34H,17-18,20-21H2,1-3H3. The Balaban J connectivity index is 1.11. The Labute approximate surface area is 203 Å². The number of aliphatic hydroxyl groups is 1. The molecular formula is C33H36O. The van der Waals surface area contributed by atoms with Crippen molar-refractivity contribution < 1.29 is 5.11 Å². The van der Waals surface area contributed by atoms with Crippen LogP contribution < -0.4 is 0 Å². The molecule has 0 aliphatic heterocycles. The molecule has 2 saturated carbocycles. The maximum atomic E-state index is 11.4. The topological polar surface area (TPSA) is 20.2 Å². The average Bonchev–Trinajstić information content (AvgIpc) is 2.80. The summed E-state index contributed by atoms with van der Waals surface area (Å²) in [5.41, 5.74) is 2.17. The van der Waals surface area contributed by atoms with Gasteiger partial charge in [-0.3, -0.25) is 0 Å². The van der Waals surface area contributed by atoms with Crippen LogP contribution in [0.3, 0.4) is 0 Å². The highest BCUT2D eigenvalue weighted by Crippen LogP contribution is 2.59. The van der Waals surface area contributed by atoms with E-state index in [0.717, 1.165) is 24.3 Å². The van der Waals surface area contributed by atoms with Crippen LogP contribution in [0.4, 0.5) is 0 Å². The molecule has 0 heterocycles. The number of rotatable bonds is 5. The van der Waals surface area contributed by atoms with Crippen molar-refractivity contribution in [3.05, 3.63) is 96.1 Å². The van der Waals surface area contributed by atoms with E-state index in [1.54, 1.807) is 0 Å². The van der Waals surface area contributed by atoms with Crippen molar-refractivity contribution in [3.63, 3.8) is 0 Å². The van der Waals surface area contributed by atoms with Gasteiger partial charge in [-0.2, -0.15) is 0 Å². The first-order valence-electron chi connectivity index (χ1n) is 13.0.